The standard InChI is InChI=1S/C25H21FN4O3S/c1-15-8-22(32-3)23(33-13-17-6-7-34-14-17)10-18(15)24-21(12-28)29(2)25(31)30(24)20-5-4-16(11-27)9-19(20)26/h4-10,12,14H,1,13,28H2,2-3H3/b21-12+,24-18+. The van der Waals surface area contributed by atoms with E-state index in [2.05, 4.69) is 6.58 Å². The number of nitriles is 1. The summed E-state index contributed by atoms with van der Waals surface area (Å²) in [5.41, 5.74) is 6.51. The third-order valence-electron chi connectivity index (χ3n) is 5.40. The molecule has 0 aliphatic heterocycles. The number of benzene rings is 2. The quantitative estimate of drug-likeness (QED) is 0.477. The summed E-state index contributed by atoms with van der Waals surface area (Å²) in [4.78, 5) is 13.2. The predicted octanol–water partition coefficient (Wildman–Crippen LogP) is 2.23. The topological polar surface area (TPSA) is 95.2 Å². The molecule has 2 N–H and O–H groups in total. The molecule has 7 nitrogen and oxygen atoms in total. The molecule has 2 aromatic heterocycles. The Bertz CT molecular complexity index is 1680. The second kappa shape index (κ2) is 9.29. The summed E-state index contributed by atoms with van der Waals surface area (Å²) in [6.45, 7) is 4.42. The van der Waals surface area contributed by atoms with Crippen molar-refractivity contribution in [3.05, 3.63) is 95.7 Å². The van der Waals surface area contributed by atoms with Crippen molar-refractivity contribution < 1.29 is 13.9 Å². The van der Waals surface area contributed by atoms with E-state index in [1.165, 1.54) is 34.6 Å². The predicted molar refractivity (Wildman–Crippen MR) is 128 cm³/mol. The Morgan fingerprint density at radius 3 is 2.68 bits per heavy atom. The summed E-state index contributed by atoms with van der Waals surface area (Å²) < 4.78 is 29.0. The Labute approximate surface area is 197 Å². The first-order valence-electron chi connectivity index (χ1n) is 10.1. The molecule has 4 aromatic rings. The summed E-state index contributed by atoms with van der Waals surface area (Å²) in [5.74, 6) is 0.184. The normalized spacial score (nSPS) is 12.5. The number of ether oxygens (including phenoxy) is 2. The summed E-state index contributed by atoms with van der Waals surface area (Å²) in [6.07, 6.45) is 1.28. The Morgan fingerprint density at radius 1 is 1.26 bits per heavy atom. The van der Waals surface area contributed by atoms with Crippen LogP contribution in [-0.2, 0) is 13.7 Å². The van der Waals surface area contributed by atoms with Gasteiger partial charge in [-0.3, -0.25) is 9.13 Å². The average Bonchev–Trinajstić information content (AvgIpc) is 3.44. The van der Waals surface area contributed by atoms with Crippen LogP contribution < -0.4 is 31.5 Å². The third-order valence-corrected chi connectivity index (χ3v) is 6.13. The first-order chi connectivity index (χ1) is 16.4. The van der Waals surface area contributed by atoms with E-state index in [0.29, 0.717) is 39.2 Å². The molecular weight excluding hydrogens is 455 g/mol. The fourth-order valence-electron chi connectivity index (χ4n) is 3.68. The molecule has 0 aliphatic rings. The van der Waals surface area contributed by atoms with Gasteiger partial charge in [0.15, 0.2) is 11.5 Å². The van der Waals surface area contributed by atoms with Crippen molar-refractivity contribution in [2.24, 2.45) is 12.8 Å². The van der Waals surface area contributed by atoms with Crippen LogP contribution in [0.25, 0.3) is 18.5 Å². The van der Waals surface area contributed by atoms with Crippen molar-refractivity contribution in [1.82, 2.24) is 9.13 Å². The monoisotopic (exact) mass is 476 g/mol. The van der Waals surface area contributed by atoms with Crippen LogP contribution in [0.2, 0.25) is 0 Å². The van der Waals surface area contributed by atoms with E-state index >= 15 is 0 Å². The van der Waals surface area contributed by atoms with Gasteiger partial charge in [0.05, 0.1) is 35.1 Å². The first-order valence-corrected chi connectivity index (χ1v) is 11.1. The van der Waals surface area contributed by atoms with E-state index in [1.54, 1.807) is 30.5 Å². The maximum Gasteiger partial charge on any atom is 0.333 e. The Balaban J connectivity index is 2.10. The van der Waals surface area contributed by atoms with Crippen molar-refractivity contribution in [3.63, 3.8) is 0 Å². The highest BCUT2D eigenvalue weighted by Crippen LogP contribution is 2.26. The van der Waals surface area contributed by atoms with Crippen LogP contribution in [-0.4, -0.2) is 16.2 Å². The number of halogens is 1. The lowest BCUT2D eigenvalue weighted by molar-refractivity contribution is 0.284. The van der Waals surface area contributed by atoms with Gasteiger partial charge in [-0.15, -0.1) is 0 Å². The van der Waals surface area contributed by atoms with E-state index in [4.69, 9.17) is 20.5 Å². The average molecular weight is 477 g/mol. The molecule has 0 spiro atoms. The van der Waals surface area contributed by atoms with Crippen molar-refractivity contribution >= 4 is 24.1 Å². The number of hydrogen-bond donors (Lipinski definition) is 1. The number of imidazole rings is 1. The highest BCUT2D eigenvalue weighted by molar-refractivity contribution is 7.07. The summed E-state index contributed by atoms with van der Waals surface area (Å²) in [6, 6.07) is 11.2. The van der Waals surface area contributed by atoms with Crippen molar-refractivity contribution in [2.75, 3.05) is 7.11 Å². The number of rotatable bonds is 5. The molecule has 0 fully saturated rings. The van der Waals surface area contributed by atoms with Gasteiger partial charge in [-0.05, 0) is 57.9 Å². The molecule has 34 heavy (non-hydrogen) atoms. The molecule has 0 unspecified atom stereocenters. The number of methoxy groups -OCH3 is 1. The van der Waals surface area contributed by atoms with Crippen LogP contribution in [0, 0.1) is 27.7 Å². The summed E-state index contributed by atoms with van der Waals surface area (Å²) in [5, 5.41) is 14.8. The highest BCUT2D eigenvalue weighted by atomic mass is 32.1. The summed E-state index contributed by atoms with van der Waals surface area (Å²) >= 11 is 1.56. The van der Waals surface area contributed by atoms with Crippen LogP contribution in [0.4, 0.5) is 4.39 Å². The lowest BCUT2D eigenvalue weighted by atomic mass is 10.2. The second-order valence-electron chi connectivity index (χ2n) is 7.44. The van der Waals surface area contributed by atoms with Gasteiger partial charge < -0.3 is 15.2 Å². The van der Waals surface area contributed by atoms with E-state index in [9.17, 15) is 9.18 Å². The van der Waals surface area contributed by atoms with E-state index in [-0.39, 0.29) is 11.3 Å². The second-order valence-corrected chi connectivity index (χ2v) is 8.22. The molecule has 0 radical (unpaired) electrons. The van der Waals surface area contributed by atoms with Gasteiger partial charge in [-0.1, -0.05) is 6.58 Å². The molecule has 0 saturated carbocycles. The smallest absolute Gasteiger partial charge is 0.333 e. The molecule has 4 rings (SSSR count). The number of hydrogen-bond acceptors (Lipinski definition) is 6. The molecule has 0 saturated heterocycles. The molecule has 9 heteroatoms. The number of nitrogens with zero attached hydrogens (tertiary/aromatic N) is 3. The number of nitrogens with two attached hydrogens (primary N) is 1. The number of aromatic nitrogens is 2. The minimum atomic E-state index is -0.718. The fraction of sp³-hybridized carbons (Fsp3) is 0.120. The molecular formula is C25H21FN4O3S. The molecule has 2 heterocycles. The van der Waals surface area contributed by atoms with Gasteiger partial charge in [0.2, 0.25) is 0 Å². The van der Waals surface area contributed by atoms with E-state index < -0.39 is 11.5 Å². The van der Waals surface area contributed by atoms with Crippen LogP contribution in [0.3, 0.4) is 0 Å². The lowest BCUT2D eigenvalue weighted by Gasteiger charge is -2.11. The SMILES string of the molecule is C=c1cc(OC)c(OCc2ccsc2)c/c1=c1/c(=C\N)n(C)c(=O)n1-c1ccc(C#N)cc1F. The van der Waals surface area contributed by atoms with Gasteiger partial charge in [0.1, 0.15) is 12.4 Å². The molecule has 0 atom stereocenters. The Kier molecular flexibility index (Phi) is 6.25. The zero-order chi connectivity index (χ0) is 24.4. The molecule has 0 aliphatic carbocycles. The largest absolute Gasteiger partial charge is 0.493 e. The molecule has 0 amide bonds. The summed E-state index contributed by atoms with van der Waals surface area (Å²) in [7, 11) is 3.07. The van der Waals surface area contributed by atoms with Gasteiger partial charge in [-0.2, -0.15) is 16.6 Å². The maximum absolute atomic E-state index is 15.0. The minimum absolute atomic E-state index is 0.0151. The Morgan fingerprint density at radius 2 is 2.06 bits per heavy atom. The van der Waals surface area contributed by atoms with E-state index in [0.717, 1.165) is 11.6 Å². The zero-order valence-corrected chi connectivity index (χ0v) is 19.4. The van der Waals surface area contributed by atoms with Crippen LogP contribution in [0.1, 0.15) is 11.1 Å². The van der Waals surface area contributed by atoms with Crippen molar-refractivity contribution in [2.45, 2.75) is 6.61 Å². The third kappa shape index (κ3) is 3.95. The number of thiophene rings is 1. The molecule has 2 aromatic carbocycles. The van der Waals surface area contributed by atoms with Gasteiger partial charge in [0.25, 0.3) is 0 Å². The molecule has 172 valence electrons. The zero-order valence-electron chi connectivity index (χ0n) is 18.5. The highest BCUT2D eigenvalue weighted by Gasteiger charge is 2.16. The Hall–Kier alpha value is -4.29. The van der Waals surface area contributed by atoms with Crippen molar-refractivity contribution in [1.29, 1.82) is 5.26 Å². The maximum atomic E-state index is 15.0. The van der Waals surface area contributed by atoms with Crippen LogP contribution >= 0.6 is 11.3 Å². The van der Waals surface area contributed by atoms with Gasteiger partial charge in [0, 0.05) is 18.5 Å². The van der Waals surface area contributed by atoms with Crippen LogP contribution in [0.15, 0.2) is 52.0 Å². The minimum Gasteiger partial charge on any atom is -0.493 e. The van der Waals surface area contributed by atoms with Gasteiger partial charge >= 0.3 is 5.69 Å². The van der Waals surface area contributed by atoms with Crippen LogP contribution in [0.5, 0.6) is 11.5 Å². The fourth-order valence-corrected chi connectivity index (χ4v) is 4.34. The van der Waals surface area contributed by atoms with Crippen molar-refractivity contribution in [3.8, 4) is 23.3 Å². The first kappa shape index (κ1) is 22.9. The van der Waals surface area contributed by atoms with Gasteiger partial charge in [-0.25, -0.2) is 9.18 Å². The molecule has 0 bridgehead atoms. The lowest BCUT2D eigenvalue weighted by Crippen LogP contribution is -2.26. The van der Waals surface area contributed by atoms with E-state index in [1.807, 2.05) is 22.9 Å².